The van der Waals surface area contributed by atoms with E-state index in [1.165, 1.54) is 6.33 Å². The van der Waals surface area contributed by atoms with Crippen LogP contribution in [0.15, 0.2) is 36.7 Å². The topological polar surface area (TPSA) is 64.1 Å². The number of ether oxygens (including phenoxy) is 1. The van der Waals surface area contributed by atoms with Crippen LogP contribution in [-0.2, 0) is 0 Å². The average Bonchev–Trinajstić information content (AvgIpc) is 3.34. The van der Waals surface area contributed by atoms with Crippen LogP contribution in [0.3, 0.4) is 0 Å². The maximum atomic E-state index is 12.3. The van der Waals surface area contributed by atoms with E-state index in [9.17, 15) is 4.79 Å². The monoisotopic (exact) mass is 283 g/mol. The molecule has 0 spiro atoms. The molecule has 1 heterocycles. The highest BCUT2D eigenvalue weighted by atomic mass is 16.5. The van der Waals surface area contributed by atoms with Crippen LogP contribution in [0.25, 0.3) is 0 Å². The van der Waals surface area contributed by atoms with Crippen LogP contribution in [-0.4, -0.2) is 22.5 Å². The van der Waals surface area contributed by atoms with Crippen molar-refractivity contribution in [3.05, 3.63) is 48.0 Å². The molecule has 0 saturated heterocycles. The van der Waals surface area contributed by atoms with Crippen LogP contribution in [0.4, 0.5) is 5.69 Å². The lowest BCUT2D eigenvalue weighted by molar-refractivity contribution is 0.102. The fourth-order valence-electron chi connectivity index (χ4n) is 2.14. The number of nitrogens with zero attached hydrogens (tertiary/aromatic N) is 2. The van der Waals surface area contributed by atoms with Crippen molar-refractivity contribution in [3.8, 4) is 5.75 Å². The van der Waals surface area contributed by atoms with E-state index in [1.807, 2.05) is 31.2 Å². The van der Waals surface area contributed by atoms with Gasteiger partial charge in [0.1, 0.15) is 17.8 Å². The third-order valence-electron chi connectivity index (χ3n) is 3.35. The van der Waals surface area contributed by atoms with Gasteiger partial charge in [-0.1, -0.05) is 12.1 Å². The van der Waals surface area contributed by atoms with Gasteiger partial charge in [-0.3, -0.25) is 4.79 Å². The van der Waals surface area contributed by atoms with Crippen molar-refractivity contribution in [2.45, 2.75) is 25.7 Å². The zero-order valence-corrected chi connectivity index (χ0v) is 11.9. The number of anilines is 1. The Morgan fingerprint density at radius 3 is 2.90 bits per heavy atom. The maximum absolute atomic E-state index is 12.3. The number of para-hydroxylation sites is 2. The first-order valence-corrected chi connectivity index (χ1v) is 7.13. The lowest BCUT2D eigenvalue weighted by atomic mass is 10.2. The van der Waals surface area contributed by atoms with E-state index in [-0.39, 0.29) is 5.91 Å². The Morgan fingerprint density at radius 2 is 2.14 bits per heavy atom. The minimum Gasteiger partial charge on any atom is -0.492 e. The van der Waals surface area contributed by atoms with Crippen LogP contribution in [0.5, 0.6) is 5.75 Å². The largest absolute Gasteiger partial charge is 0.492 e. The molecule has 108 valence electrons. The molecule has 21 heavy (non-hydrogen) atoms. The summed E-state index contributed by atoms with van der Waals surface area (Å²) in [5, 5.41) is 2.84. The van der Waals surface area contributed by atoms with E-state index in [4.69, 9.17) is 4.74 Å². The van der Waals surface area contributed by atoms with Crippen molar-refractivity contribution in [2.24, 2.45) is 0 Å². The number of carbonyl (C=O) groups excluding carboxylic acids is 1. The molecule has 1 amide bonds. The van der Waals surface area contributed by atoms with Gasteiger partial charge < -0.3 is 10.1 Å². The van der Waals surface area contributed by atoms with Gasteiger partial charge in [0.25, 0.3) is 5.91 Å². The Labute approximate surface area is 123 Å². The molecule has 2 aromatic rings. The molecule has 1 N–H and O–H groups in total. The molecule has 1 aromatic heterocycles. The van der Waals surface area contributed by atoms with Crippen LogP contribution < -0.4 is 10.1 Å². The fraction of sp³-hybridized carbons (Fsp3) is 0.312. The summed E-state index contributed by atoms with van der Waals surface area (Å²) in [7, 11) is 0. The molecule has 0 aliphatic heterocycles. The van der Waals surface area contributed by atoms with Crippen molar-refractivity contribution in [1.82, 2.24) is 9.97 Å². The molecule has 0 radical (unpaired) electrons. The highest BCUT2D eigenvalue weighted by molar-refractivity contribution is 6.03. The number of nitrogens with one attached hydrogen (secondary N) is 1. The Bertz CT molecular complexity index is 653. The van der Waals surface area contributed by atoms with Gasteiger partial charge >= 0.3 is 0 Å². The van der Waals surface area contributed by atoms with E-state index < -0.39 is 0 Å². The number of aromatic nitrogens is 2. The first-order valence-electron chi connectivity index (χ1n) is 7.13. The highest BCUT2D eigenvalue weighted by Gasteiger charge is 2.26. The number of hydrogen-bond acceptors (Lipinski definition) is 4. The molecule has 0 atom stereocenters. The third kappa shape index (κ3) is 3.18. The summed E-state index contributed by atoms with van der Waals surface area (Å²) >= 11 is 0. The summed E-state index contributed by atoms with van der Waals surface area (Å²) in [4.78, 5) is 20.6. The number of rotatable bonds is 5. The number of amides is 1. The number of hydrogen-bond donors (Lipinski definition) is 1. The Morgan fingerprint density at radius 1 is 1.33 bits per heavy atom. The van der Waals surface area contributed by atoms with E-state index in [0.29, 0.717) is 29.7 Å². The normalized spacial score (nSPS) is 13.8. The second-order valence-electron chi connectivity index (χ2n) is 4.99. The van der Waals surface area contributed by atoms with Crippen molar-refractivity contribution < 1.29 is 9.53 Å². The second-order valence-corrected chi connectivity index (χ2v) is 4.99. The molecular formula is C16H17N3O2. The van der Waals surface area contributed by atoms with Crippen LogP contribution in [0, 0.1) is 0 Å². The van der Waals surface area contributed by atoms with Crippen molar-refractivity contribution >= 4 is 11.6 Å². The SMILES string of the molecule is CCOc1ccccc1NC(=O)c1cc(C2CC2)ncn1. The van der Waals surface area contributed by atoms with E-state index >= 15 is 0 Å². The van der Waals surface area contributed by atoms with Crippen molar-refractivity contribution in [1.29, 1.82) is 0 Å². The van der Waals surface area contributed by atoms with E-state index in [0.717, 1.165) is 18.5 Å². The smallest absolute Gasteiger partial charge is 0.274 e. The molecule has 1 saturated carbocycles. The highest BCUT2D eigenvalue weighted by Crippen LogP contribution is 2.38. The van der Waals surface area contributed by atoms with Gasteiger partial charge in [0.05, 0.1) is 12.3 Å². The Hall–Kier alpha value is -2.43. The van der Waals surface area contributed by atoms with Gasteiger partial charge in [-0.05, 0) is 38.0 Å². The summed E-state index contributed by atoms with van der Waals surface area (Å²) in [6.07, 6.45) is 3.74. The minimum atomic E-state index is -0.244. The lowest BCUT2D eigenvalue weighted by Crippen LogP contribution is -2.15. The molecule has 0 bridgehead atoms. The third-order valence-corrected chi connectivity index (χ3v) is 3.35. The summed E-state index contributed by atoms with van der Waals surface area (Å²) in [6.45, 7) is 2.46. The lowest BCUT2D eigenvalue weighted by Gasteiger charge is -2.11. The molecule has 3 rings (SSSR count). The molecule has 5 nitrogen and oxygen atoms in total. The summed E-state index contributed by atoms with van der Waals surface area (Å²) in [6, 6.07) is 9.14. The number of carbonyl (C=O) groups is 1. The minimum absolute atomic E-state index is 0.244. The van der Waals surface area contributed by atoms with Gasteiger partial charge in [-0.2, -0.15) is 0 Å². The molecule has 5 heteroatoms. The molecule has 1 aromatic carbocycles. The van der Waals surface area contributed by atoms with E-state index in [1.54, 1.807) is 6.07 Å². The summed E-state index contributed by atoms with van der Waals surface area (Å²) in [5.74, 6) is 0.909. The van der Waals surface area contributed by atoms with Gasteiger partial charge in [-0.25, -0.2) is 9.97 Å². The molecule has 0 unspecified atom stereocenters. The summed E-state index contributed by atoms with van der Waals surface area (Å²) in [5.41, 5.74) is 1.99. The van der Waals surface area contributed by atoms with Gasteiger partial charge in [0.15, 0.2) is 0 Å². The average molecular weight is 283 g/mol. The predicted octanol–water partition coefficient (Wildman–Crippen LogP) is 3.01. The molecule has 1 aliphatic rings. The first-order chi connectivity index (χ1) is 10.3. The zero-order valence-electron chi connectivity index (χ0n) is 11.9. The fourth-order valence-corrected chi connectivity index (χ4v) is 2.14. The van der Waals surface area contributed by atoms with Crippen LogP contribution in [0.2, 0.25) is 0 Å². The van der Waals surface area contributed by atoms with Crippen LogP contribution >= 0.6 is 0 Å². The zero-order chi connectivity index (χ0) is 14.7. The van der Waals surface area contributed by atoms with Gasteiger partial charge in [0.2, 0.25) is 0 Å². The Balaban J connectivity index is 1.78. The van der Waals surface area contributed by atoms with Gasteiger partial charge in [0, 0.05) is 11.6 Å². The van der Waals surface area contributed by atoms with Crippen molar-refractivity contribution in [3.63, 3.8) is 0 Å². The second kappa shape index (κ2) is 5.91. The van der Waals surface area contributed by atoms with Crippen LogP contribution in [0.1, 0.15) is 41.9 Å². The quantitative estimate of drug-likeness (QED) is 0.916. The summed E-state index contributed by atoms with van der Waals surface area (Å²) < 4.78 is 5.50. The van der Waals surface area contributed by atoms with Gasteiger partial charge in [-0.15, -0.1) is 0 Å². The Kier molecular flexibility index (Phi) is 3.81. The van der Waals surface area contributed by atoms with E-state index in [2.05, 4.69) is 15.3 Å². The maximum Gasteiger partial charge on any atom is 0.274 e. The molecule has 1 fully saturated rings. The predicted molar refractivity (Wildman–Crippen MR) is 79.6 cm³/mol. The first kappa shape index (κ1) is 13.5. The van der Waals surface area contributed by atoms with Crippen molar-refractivity contribution in [2.75, 3.05) is 11.9 Å². The number of benzene rings is 1. The molecular weight excluding hydrogens is 266 g/mol. The standard InChI is InChI=1S/C16H17N3O2/c1-2-21-15-6-4-3-5-12(15)19-16(20)14-9-13(11-7-8-11)17-10-18-14/h3-6,9-11H,2,7-8H2,1H3,(H,19,20). The molecule has 1 aliphatic carbocycles.